The molecule has 0 aliphatic carbocycles. The van der Waals surface area contributed by atoms with Gasteiger partial charge in [0.15, 0.2) is 0 Å². The molecule has 0 saturated heterocycles. The number of rotatable bonds is 12. The molecule has 3 rings (SSSR count). The SMILES string of the molecule is O=C(NCC(Cc1ccccc1)(c1cccc(OC(F)(F)F)c1)c1cccc(OC(F)(F)P)c1)NCC(F)(F)C(F)(F)P. The van der Waals surface area contributed by atoms with E-state index in [9.17, 15) is 44.3 Å². The fraction of sp³-hybridized carbons (Fsp3) is 0.296. The van der Waals surface area contributed by atoms with Gasteiger partial charge < -0.3 is 20.1 Å². The summed E-state index contributed by atoms with van der Waals surface area (Å²) in [4.78, 5) is 12.6. The van der Waals surface area contributed by atoms with E-state index < -0.39 is 54.1 Å². The minimum absolute atomic E-state index is 0.0792. The van der Waals surface area contributed by atoms with Crippen molar-refractivity contribution in [2.45, 2.75) is 35.6 Å². The van der Waals surface area contributed by atoms with Crippen molar-refractivity contribution >= 4 is 24.5 Å². The van der Waals surface area contributed by atoms with Gasteiger partial charge in [0.1, 0.15) is 11.5 Å². The van der Waals surface area contributed by atoms with Crippen LogP contribution in [0.1, 0.15) is 16.7 Å². The number of carbonyl (C=O) groups is 1. The first-order valence-corrected chi connectivity index (χ1v) is 13.4. The molecule has 0 fully saturated rings. The van der Waals surface area contributed by atoms with E-state index in [-0.39, 0.29) is 23.3 Å². The zero-order valence-corrected chi connectivity index (χ0v) is 24.2. The zero-order chi connectivity index (χ0) is 32.1. The molecule has 3 unspecified atom stereocenters. The Bertz CT molecular complexity index is 1320. The Morgan fingerprint density at radius 3 is 1.67 bits per heavy atom. The molecule has 0 radical (unpaired) electrons. The molecular formula is C27H25F9N2O3P2. The minimum Gasteiger partial charge on any atom is -0.430 e. The van der Waals surface area contributed by atoms with Crippen molar-refractivity contribution < 1.29 is 53.8 Å². The highest BCUT2D eigenvalue weighted by molar-refractivity contribution is 7.18. The van der Waals surface area contributed by atoms with Crippen LogP contribution < -0.4 is 20.1 Å². The van der Waals surface area contributed by atoms with E-state index in [0.29, 0.717) is 14.8 Å². The minimum atomic E-state index is -5.07. The number of urea groups is 1. The molecule has 3 atom stereocenters. The standard InChI is InChI=1S/C27H25F9N2O3P2/c28-24(29,25(30,31)42)16-38-22(39)37-15-23(14-17-6-2-1-3-7-17,18-8-4-10-20(12-18)40-26(32,33)34)19-9-5-11-21(13-19)41-27(35,36)43/h1-13H,14-16,42-43H2,(H2,37,38,39). The number of hydrogen-bond donors (Lipinski definition) is 2. The topological polar surface area (TPSA) is 59.6 Å². The molecular weight excluding hydrogens is 633 g/mol. The van der Waals surface area contributed by atoms with Gasteiger partial charge in [-0.05, 0) is 56.6 Å². The number of halogens is 9. The first-order chi connectivity index (χ1) is 19.8. The van der Waals surface area contributed by atoms with Gasteiger partial charge in [0.2, 0.25) is 0 Å². The molecule has 43 heavy (non-hydrogen) atoms. The quantitative estimate of drug-likeness (QED) is 0.159. The lowest BCUT2D eigenvalue weighted by Crippen LogP contribution is -2.51. The average molecular weight is 658 g/mol. The van der Waals surface area contributed by atoms with E-state index in [1.807, 2.05) is 0 Å². The van der Waals surface area contributed by atoms with Gasteiger partial charge in [0.05, 0.1) is 6.54 Å². The van der Waals surface area contributed by atoms with Crippen LogP contribution in [0.15, 0.2) is 78.9 Å². The van der Waals surface area contributed by atoms with Gasteiger partial charge in [-0.15, -0.1) is 13.2 Å². The second-order valence-electron chi connectivity index (χ2n) is 9.38. The van der Waals surface area contributed by atoms with Gasteiger partial charge in [-0.2, -0.15) is 26.3 Å². The van der Waals surface area contributed by atoms with Crippen molar-refractivity contribution in [1.29, 1.82) is 0 Å². The Kier molecular flexibility index (Phi) is 10.5. The molecule has 16 heteroatoms. The van der Waals surface area contributed by atoms with E-state index in [1.165, 1.54) is 45.6 Å². The van der Waals surface area contributed by atoms with Gasteiger partial charge >= 0.3 is 29.8 Å². The number of benzene rings is 3. The van der Waals surface area contributed by atoms with Crippen LogP contribution in [0.25, 0.3) is 0 Å². The Morgan fingerprint density at radius 1 is 0.674 bits per heavy atom. The van der Waals surface area contributed by atoms with Crippen LogP contribution in [-0.4, -0.2) is 42.9 Å². The summed E-state index contributed by atoms with van der Waals surface area (Å²) in [5, 5.41) is 3.97. The Labute approximate surface area is 244 Å². The maximum absolute atomic E-state index is 13.7. The summed E-state index contributed by atoms with van der Waals surface area (Å²) in [5.74, 6) is -9.30. The summed E-state index contributed by atoms with van der Waals surface area (Å²) in [6.07, 6.45) is -5.15. The lowest BCUT2D eigenvalue weighted by atomic mass is 9.70. The Balaban J connectivity index is 2.13. The second kappa shape index (κ2) is 13.2. The molecule has 0 aliphatic rings. The molecule has 5 nitrogen and oxygen atoms in total. The second-order valence-corrected chi connectivity index (χ2v) is 10.8. The van der Waals surface area contributed by atoms with Crippen LogP contribution >= 0.6 is 18.5 Å². The monoisotopic (exact) mass is 658 g/mol. The first-order valence-electron chi connectivity index (χ1n) is 12.2. The molecule has 2 N–H and O–H groups in total. The maximum atomic E-state index is 13.7. The fourth-order valence-electron chi connectivity index (χ4n) is 4.19. The Morgan fingerprint density at radius 2 is 1.19 bits per heavy atom. The third kappa shape index (κ3) is 9.89. The third-order valence-electron chi connectivity index (χ3n) is 6.12. The summed E-state index contributed by atoms with van der Waals surface area (Å²) in [6, 6.07) is 16.8. The smallest absolute Gasteiger partial charge is 0.430 e. The van der Waals surface area contributed by atoms with Gasteiger partial charge in [-0.25, -0.2) is 4.79 Å². The summed E-state index contributed by atoms with van der Waals surface area (Å²) in [6.45, 7) is -2.28. The van der Waals surface area contributed by atoms with Crippen molar-refractivity contribution in [3.8, 4) is 11.5 Å². The largest absolute Gasteiger partial charge is 0.573 e. The van der Waals surface area contributed by atoms with E-state index in [2.05, 4.69) is 14.8 Å². The molecule has 0 aromatic heterocycles. The predicted octanol–water partition coefficient (Wildman–Crippen LogP) is 7.32. The third-order valence-corrected chi connectivity index (χ3v) is 6.66. The normalized spacial score (nSPS) is 14.0. The van der Waals surface area contributed by atoms with E-state index in [4.69, 9.17) is 0 Å². The Hall–Kier alpha value is -3.24. The lowest BCUT2D eigenvalue weighted by Gasteiger charge is -2.36. The van der Waals surface area contributed by atoms with Gasteiger partial charge in [0, 0.05) is 12.0 Å². The van der Waals surface area contributed by atoms with Crippen LogP contribution in [0.2, 0.25) is 0 Å². The number of nitrogens with one attached hydrogen (secondary N) is 2. The molecule has 2 amide bonds. The number of ether oxygens (including phenoxy) is 2. The highest BCUT2D eigenvalue weighted by Crippen LogP contribution is 2.41. The van der Waals surface area contributed by atoms with Crippen LogP contribution in [-0.2, 0) is 11.8 Å². The van der Waals surface area contributed by atoms with Crippen LogP contribution in [0.5, 0.6) is 11.5 Å². The highest BCUT2D eigenvalue weighted by Gasteiger charge is 2.52. The van der Waals surface area contributed by atoms with Gasteiger partial charge in [0.25, 0.3) is 0 Å². The number of amides is 2. The van der Waals surface area contributed by atoms with Crippen molar-refractivity contribution in [3.05, 3.63) is 95.6 Å². The molecule has 3 aromatic carbocycles. The summed E-state index contributed by atoms with van der Waals surface area (Å²) in [7, 11) is 1.88. The lowest BCUT2D eigenvalue weighted by molar-refractivity contribution is -0.274. The van der Waals surface area contributed by atoms with Crippen molar-refractivity contribution in [2.24, 2.45) is 0 Å². The predicted molar refractivity (Wildman–Crippen MR) is 147 cm³/mol. The van der Waals surface area contributed by atoms with Crippen molar-refractivity contribution in [3.63, 3.8) is 0 Å². The zero-order valence-electron chi connectivity index (χ0n) is 21.9. The van der Waals surface area contributed by atoms with E-state index >= 15 is 0 Å². The maximum Gasteiger partial charge on any atom is 0.573 e. The number of alkyl halides is 9. The van der Waals surface area contributed by atoms with Crippen LogP contribution in [0.3, 0.4) is 0 Å². The molecule has 0 bridgehead atoms. The highest BCUT2D eigenvalue weighted by atomic mass is 31.0. The van der Waals surface area contributed by atoms with Gasteiger partial charge in [-0.3, -0.25) is 0 Å². The average Bonchev–Trinajstić information content (AvgIpc) is 2.88. The first kappa shape index (κ1) is 34.3. The fourth-order valence-corrected chi connectivity index (χ4v) is 4.43. The van der Waals surface area contributed by atoms with Gasteiger partial charge in [-0.1, -0.05) is 63.8 Å². The number of carbonyl (C=O) groups excluding carboxylic acids is 1. The summed E-state index contributed by atoms with van der Waals surface area (Å²) >= 11 is 0. The summed E-state index contributed by atoms with van der Waals surface area (Å²) in [5.41, 5.74) is -5.28. The molecule has 0 spiro atoms. The van der Waals surface area contributed by atoms with Crippen LogP contribution in [0.4, 0.5) is 44.3 Å². The van der Waals surface area contributed by atoms with E-state index in [1.54, 1.807) is 35.6 Å². The molecule has 0 heterocycles. The van der Waals surface area contributed by atoms with Crippen molar-refractivity contribution in [1.82, 2.24) is 10.6 Å². The molecule has 3 aromatic rings. The van der Waals surface area contributed by atoms with E-state index in [0.717, 1.165) is 12.1 Å². The summed E-state index contributed by atoms with van der Waals surface area (Å²) < 4.78 is 129. The molecule has 0 saturated carbocycles. The molecule has 0 aliphatic heterocycles. The number of hydrogen-bond acceptors (Lipinski definition) is 3. The van der Waals surface area contributed by atoms with Crippen molar-refractivity contribution in [2.75, 3.05) is 13.1 Å². The van der Waals surface area contributed by atoms with Crippen LogP contribution in [0, 0.1) is 0 Å². The molecule has 234 valence electrons.